The van der Waals surface area contributed by atoms with Gasteiger partial charge in [-0.1, -0.05) is 6.92 Å². The molecular formula is C14H25N5O. The molecule has 1 amide bonds. The van der Waals surface area contributed by atoms with Crippen molar-refractivity contribution in [2.75, 3.05) is 32.0 Å². The maximum atomic E-state index is 12.0. The van der Waals surface area contributed by atoms with Gasteiger partial charge >= 0.3 is 0 Å². The molecule has 0 aliphatic carbocycles. The Morgan fingerprint density at radius 2 is 2.20 bits per heavy atom. The molecule has 1 atom stereocenters. The zero-order valence-electron chi connectivity index (χ0n) is 12.6. The Morgan fingerprint density at radius 1 is 1.55 bits per heavy atom. The van der Waals surface area contributed by atoms with Crippen molar-refractivity contribution in [1.29, 1.82) is 0 Å². The molecule has 1 aromatic heterocycles. The fourth-order valence-corrected chi connectivity index (χ4v) is 2.48. The highest BCUT2D eigenvalue weighted by Crippen LogP contribution is 2.26. The molecule has 6 heteroatoms. The van der Waals surface area contributed by atoms with Gasteiger partial charge in [0.05, 0.1) is 11.7 Å². The number of rotatable bonds is 4. The summed E-state index contributed by atoms with van der Waals surface area (Å²) in [4.78, 5) is 14.3. The number of hydrogen-bond acceptors (Lipinski definition) is 4. The van der Waals surface area contributed by atoms with Crippen LogP contribution in [0.25, 0.3) is 0 Å². The van der Waals surface area contributed by atoms with Gasteiger partial charge in [-0.15, -0.1) is 0 Å². The second kappa shape index (κ2) is 6.37. The number of aromatic nitrogens is 2. The minimum atomic E-state index is -0.184. The largest absolute Gasteiger partial charge is 0.330 e. The number of nitrogens with one attached hydrogen (secondary N) is 1. The normalized spacial score (nSPS) is 19.0. The molecule has 1 aliphatic rings. The third-order valence-corrected chi connectivity index (χ3v) is 3.94. The first-order chi connectivity index (χ1) is 9.51. The van der Waals surface area contributed by atoms with Gasteiger partial charge in [-0.25, -0.2) is 4.68 Å². The van der Waals surface area contributed by atoms with Gasteiger partial charge in [0.1, 0.15) is 5.82 Å². The Morgan fingerprint density at radius 3 is 2.80 bits per heavy atom. The van der Waals surface area contributed by atoms with Crippen molar-refractivity contribution in [3.05, 3.63) is 11.8 Å². The summed E-state index contributed by atoms with van der Waals surface area (Å²) in [5, 5.41) is 7.51. The quantitative estimate of drug-likeness (QED) is 0.862. The fourth-order valence-electron chi connectivity index (χ4n) is 2.48. The maximum Gasteiger partial charge on any atom is 0.229 e. The number of carbonyl (C=O) groups is 1. The lowest BCUT2D eigenvalue weighted by Crippen LogP contribution is -2.33. The Bertz CT molecular complexity index is 462. The second-order valence-corrected chi connectivity index (χ2v) is 5.78. The van der Waals surface area contributed by atoms with E-state index < -0.39 is 0 Å². The van der Waals surface area contributed by atoms with Crippen LogP contribution in [0.2, 0.25) is 0 Å². The van der Waals surface area contributed by atoms with Gasteiger partial charge in [0, 0.05) is 18.5 Å². The molecule has 1 saturated heterocycles. The second-order valence-electron chi connectivity index (χ2n) is 5.78. The summed E-state index contributed by atoms with van der Waals surface area (Å²) in [6.07, 6.45) is 2.12. The molecule has 1 fully saturated rings. The Hall–Kier alpha value is -1.40. The topological polar surface area (TPSA) is 76.2 Å². The van der Waals surface area contributed by atoms with Crippen LogP contribution in [0.15, 0.2) is 6.07 Å². The number of nitrogens with two attached hydrogens (primary N) is 1. The van der Waals surface area contributed by atoms with E-state index in [9.17, 15) is 4.79 Å². The summed E-state index contributed by atoms with van der Waals surface area (Å²) in [6, 6.07) is 2.29. The monoisotopic (exact) mass is 279 g/mol. The van der Waals surface area contributed by atoms with Crippen LogP contribution in [0.1, 0.15) is 31.5 Å². The molecule has 0 bridgehead atoms. The molecule has 6 nitrogen and oxygen atoms in total. The molecule has 0 aromatic carbocycles. The molecule has 20 heavy (non-hydrogen) atoms. The Labute approximate surface area is 120 Å². The number of amides is 1. The van der Waals surface area contributed by atoms with E-state index >= 15 is 0 Å². The van der Waals surface area contributed by atoms with Crippen LogP contribution in [0.4, 0.5) is 5.82 Å². The van der Waals surface area contributed by atoms with Crippen LogP contribution in [-0.2, 0) is 4.79 Å². The summed E-state index contributed by atoms with van der Waals surface area (Å²) in [5.41, 5.74) is 6.47. The standard InChI is InChI=1S/C14H25N5O/c1-10(9-15)14(20)16-13-8-11(2)17-19(13)12-4-6-18(3)7-5-12/h8,10,12H,4-7,9,15H2,1-3H3,(H,16,20). The molecule has 0 spiro atoms. The first-order valence-electron chi connectivity index (χ1n) is 7.27. The molecule has 1 aromatic rings. The van der Waals surface area contributed by atoms with Gasteiger partial charge in [-0.2, -0.15) is 5.10 Å². The van der Waals surface area contributed by atoms with Crippen LogP contribution >= 0.6 is 0 Å². The first kappa shape index (κ1) is 15.0. The third-order valence-electron chi connectivity index (χ3n) is 3.94. The third kappa shape index (κ3) is 3.37. The fraction of sp³-hybridized carbons (Fsp3) is 0.714. The van der Waals surface area contributed by atoms with Crippen LogP contribution in [0, 0.1) is 12.8 Å². The Balaban J connectivity index is 2.12. The van der Waals surface area contributed by atoms with E-state index in [0.29, 0.717) is 12.6 Å². The average molecular weight is 279 g/mol. The zero-order valence-corrected chi connectivity index (χ0v) is 12.6. The number of likely N-dealkylation sites (tertiary alicyclic amines) is 1. The zero-order chi connectivity index (χ0) is 14.7. The average Bonchev–Trinajstić information content (AvgIpc) is 2.79. The summed E-state index contributed by atoms with van der Waals surface area (Å²) in [7, 11) is 2.14. The summed E-state index contributed by atoms with van der Waals surface area (Å²) < 4.78 is 1.98. The lowest BCUT2D eigenvalue weighted by molar-refractivity contribution is -0.119. The van der Waals surface area contributed by atoms with E-state index in [4.69, 9.17) is 5.73 Å². The van der Waals surface area contributed by atoms with Crippen LogP contribution < -0.4 is 11.1 Å². The smallest absolute Gasteiger partial charge is 0.229 e. The molecule has 1 aliphatic heterocycles. The molecule has 3 N–H and O–H groups in total. The van der Waals surface area contributed by atoms with Crippen LogP contribution in [-0.4, -0.2) is 47.3 Å². The highest BCUT2D eigenvalue weighted by Gasteiger charge is 2.23. The maximum absolute atomic E-state index is 12.0. The van der Waals surface area contributed by atoms with Gasteiger partial charge in [-0.3, -0.25) is 4.79 Å². The Kier molecular flexibility index (Phi) is 4.77. The predicted molar refractivity (Wildman–Crippen MR) is 79.6 cm³/mol. The summed E-state index contributed by atoms with van der Waals surface area (Å²) in [6.45, 7) is 6.27. The van der Waals surface area contributed by atoms with E-state index in [1.54, 1.807) is 0 Å². The van der Waals surface area contributed by atoms with Crippen molar-refractivity contribution >= 4 is 11.7 Å². The molecule has 112 valence electrons. The highest BCUT2D eigenvalue weighted by molar-refractivity contribution is 5.91. The molecule has 2 heterocycles. The molecular weight excluding hydrogens is 254 g/mol. The summed E-state index contributed by atoms with van der Waals surface area (Å²) >= 11 is 0. The van der Waals surface area contributed by atoms with E-state index in [1.807, 2.05) is 24.6 Å². The van der Waals surface area contributed by atoms with Gasteiger partial charge in [-0.05, 0) is 39.9 Å². The minimum absolute atomic E-state index is 0.0402. The van der Waals surface area contributed by atoms with Crippen molar-refractivity contribution in [2.45, 2.75) is 32.7 Å². The number of carbonyl (C=O) groups excluding carboxylic acids is 1. The van der Waals surface area contributed by atoms with Crippen LogP contribution in [0.5, 0.6) is 0 Å². The number of anilines is 1. The van der Waals surface area contributed by atoms with Gasteiger partial charge in [0.25, 0.3) is 0 Å². The molecule has 2 rings (SSSR count). The van der Waals surface area contributed by atoms with Crippen molar-refractivity contribution in [3.8, 4) is 0 Å². The number of nitrogens with zero attached hydrogens (tertiary/aromatic N) is 3. The lowest BCUT2D eigenvalue weighted by atomic mass is 10.1. The lowest BCUT2D eigenvalue weighted by Gasteiger charge is -2.30. The highest BCUT2D eigenvalue weighted by atomic mass is 16.2. The molecule has 0 radical (unpaired) electrons. The van der Waals surface area contributed by atoms with Crippen molar-refractivity contribution in [1.82, 2.24) is 14.7 Å². The minimum Gasteiger partial charge on any atom is -0.330 e. The SMILES string of the molecule is Cc1cc(NC(=O)C(C)CN)n(C2CCN(C)CC2)n1. The van der Waals surface area contributed by atoms with Crippen molar-refractivity contribution < 1.29 is 4.79 Å². The number of hydrogen-bond donors (Lipinski definition) is 2. The van der Waals surface area contributed by atoms with Gasteiger partial charge < -0.3 is 16.0 Å². The van der Waals surface area contributed by atoms with Crippen LogP contribution in [0.3, 0.4) is 0 Å². The first-order valence-corrected chi connectivity index (χ1v) is 7.27. The van der Waals surface area contributed by atoms with Gasteiger partial charge in [0.2, 0.25) is 5.91 Å². The van der Waals surface area contributed by atoms with E-state index in [-0.39, 0.29) is 11.8 Å². The molecule has 0 saturated carbocycles. The van der Waals surface area contributed by atoms with Crippen molar-refractivity contribution in [3.63, 3.8) is 0 Å². The van der Waals surface area contributed by atoms with Crippen molar-refractivity contribution in [2.24, 2.45) is 11.7 Å². The number of piperidine rings is 1. The van der Waals surface area contributed by atoms with E-state index in [1.165, 1.54) is 0 Å². The van der Waals surface area contributed by atoms with E-state index in [2.05, 4.69) is 22.4 Å². The molecule has 1 unspecified atom stereocenters. The summed E-state index contributed by atoms with van der Waals surface area (Å²) in [5.74, 6) is 0.570. The van der Waals surface area contributed by atoms with E-state index in [0.717, 1.165) is 37.4 Å². The predicted octanol–water partition coefficient (Wildman–Crippen LogP) is 0.992. The number of aryl methyl sites for hydroxylation is 1. The van der Waals surface area contributed by atoms with Gasteiger partial charge in [0.15, 0.2) is 0 Å².